The Morgan fingerprint density at radius 1 is 1.27 bits per heavy atom. The summed E-state index contributed by atoms with van der Waals surface area (Å²) in [6.07, 6.45) is 8.94. The Bertz CT molecular complexity index is 1520. The molecular weight excluding hydrogens is 490 g/mol. The number of fused-ring (bicyclic) bond motifs is 1. The third kappa shape index (κ3) is 5.18. The molecule has 37 heavy (non-hydrogen) atoms. The number of amides is 2. The molecule has 0 spiro atoms. The Morgan fingerprint density at radius 2 is 2.11 bits per heavy atom. The van der Waals surface area contributed by atoms with Crippen molar-refractivity contribution in [2.45, 2.75) is 52.1 Å². The topological polar surface area (TPSA) is 124 Å². The van der Waals surface area contributed by atoms with Crippen LogP contribution in [0.15, 0.2) is 47.8 Å². The number of H-pyrrole nitrogens is 1. The van der Waals surface area contributed by atoms with Gasteiger partial charge in [0, 0.05) is 30.9 Å². The molecule has 4 aromatic rings. The lowest BCUT2D eigenvalue weighted by molar-refractivity contribution is -0.117. The minimum Gasteiger partial charge on any atom is -0.329 e. The quantitative estimate of drug-likeness (QED) is 0.340. The molecule has 3 N–H and O–H groups in total. The number of aromatic nitrogens is 4. The normalized spacial score (nSPS) is 15.9. The zero-order valence-corrected chi connectivity index (χ0v) is 21.8. The molecule has 0 bridgehead atoms. The molecule has 10 nitrogen and oxygen atoms in total. The lowest BCUT2D eigenvalue weighted by Gasteiger charge is -2.27. The van der Waals surface area contributed by atoms with Gasteiger partial charge in [-0.3, -0.25) is 24.3 Å². The van der Waals surface area contributed by atoms with E-state index in [-0.39, 0.29) is 23.4 Å². The van der Waals surface area contributed by atoms with Crippen molar-refractivity contribution in [2.75, 3.05) is 17.2 Å². The van der Waals surface area contributed by atoms with Crippen LogP contribution in [0.25, 0.3) is 15.3 Å². The van der Waals surface area contributed by atoms with E-state index in [1.807, 2.05) is 0 Å². The number of hydrogen-bond acceptors (Lipinski definition) is 7. The first-order valence-corrected chi connectivity index (χ1v) is 13.1. The molecule has 1 aliphatic heterocycles. The van der Waals surface area contributed by atoms with Gasteiger partial charge in [0.05, 0.1) is 45.5 Å². The van der Waals surface area contributed by atoms with Crippen molar-refractivity contribution in [2.24, 2.45) is 0 Å². The van der Waals surface area contributed by atoms with Crippen LogP contribution in [0.2, 0.25) is 0 Å². The molecule has 1 aliphatic rings. The fraction of sp³-hybridized carbons (Fsp3) is 0.346. The summed E-state index contributed by atoms with van der Waals surface area (Å²) in [5.74, 6) is -0.418. The first kappa shape index (κ1) is 24.8. The maximum atomic E-state index is 13.2. The van der Waals surface area contributed by atoms with E-state index >= 15 is 0 Å². The van der Waals surface area contributed by atoms with Crippen molar-refractivity contribution in [3.63, 3.8) is 0 Å². The maximum Gasteiger partial charge on any atom is 0.260 e. The molecule has 0 aliphatic carbocycles. The molecule has 2 amide bonds. The van der Waals surface area contributed by atoms with Crippen LogP contribution < -0.4 is 16.2 Å². The molecule has 4 aromatic heterocycles. The molecule has 5 heterocycles. The average Bonchev–Trinajstić information content (AvgIpc) is 3.57. The number of pyridine rings is 2. The minimum absolute atomic E-state index is 0.0687. The summed E-state index contributed by atoms with van der Waals surface area (Å²) in [7, 11) is 0. The summed E-state index contributed by atoms with van der Waals surface area (Å²) in [6, 6.07) is 5.85. The highest BCUT2D eigenvalue weighted by Gasteiger charge is 2.28. The van der Waals surface area contributed by atoms with E-state index in [0.717, 1.165) is 19.4 Å². The monoisotopic (exact) mass is 519 g/mol. The van der Waals surface area contributed by atoms with Crippen LogP contribution in [-0.2, 0) is 4.79 Å². The number of carbonyl (C=O) groups excluding carboxylic acids is 2. The van der Waals surface area contributed by atoms with Crippen molar-refractivity contribution in [3.05, 3.63) is 64.6 Å². The summed E-state index contributed by atoms with van der Waals surface area (Å²) in [6.45, 7) is 7.12. The number of rotatable bonds is 7. The first-order valence-electron chi connectivity index (χ1n) is 12.3. The Kier molecular flexibility index (Phi) is 6.90. The molecular formula is C26H29N7O3S. The van der Waals surface area contributed by atoms with Crippen LogP contribution in [0.5, 0.6) is 0 Å². The molecule has 0 radical (unpaired) electrons. The fourth-order valence-corrected chi connectivity index (χ4v) is 5.86. The smallest absolute Gasteiger partial charge is 0.260 e. The van der Waals surface area contributed by atoms with E-state index in [0.29, 0.717) is 50.4 Å². The standard InChI is InChI=1S/C26H29N7O3S/c1-15(2)32-9-5-6-18(32)11-23(34)30-17-10-21(16(3)28-12-17)31-25(36)20-13-29-33-14-22(37-26(20)33)19-7-4-8-27-24(19)35/h4,7-8,10,12-15,18H,5-6,9,11H2,1-3H3,(H,27,35)(H,30,34)(H,31,36)/t18-/m0/s1. The van der Waals surface area contributed by atoms with Gasteiger partial charge in [-0.1, -0.05) is 0 Å². The van der Waals surface area contributed by atoms with Crippen LogP contribution in [0.3, 0.4) is 0 Å². The van der Waals surface area contributed by atoms with Crippen LogP contribution in [0.1, 0.15) is 49.2 Å². The number of anilines is 2. The second-order valence-corrected chi connectivity index (χ2v) is 10.5. The highest BCUT2D eigenvalue weighted by Crippen LogP contribution is 2.29. The van der Waals surface area contributed by atoms with Gasteiger partial charge in [0.2, 0.25) is 5.91 Å². The van der Waals surface area contributed by atoms with Gasteiger partial charge in [0.1, 0.15) is 4.83 Å². The molecule has 1 saturated heterocycles. The van der Waals surface area contributed by atoms with E-state index in [2.05, 4.69) is 44.4 Å². The van der Waals surface area contributed by atoms with Gasteiger partial charge in [-0.2, -0.15) is 5.10 Å². The van der Waals surface area contributed by atoms with E-state index in [1.54, 1.807) is 48.2 Å². The van der Waals surface area contributed by atoms with E-state index in [4.69, 9.17) is 0 Å². The summed E-state index contributed by atoms with van der Waals surface area (Å²) in [4.78, 5) is 48.8. The molecule has 1 atom stereocenters. The van der Waals surface area contributed by atoms with Crippen LogP contribution >= 0.6 is 11.3 Å². The number of nitrogens with zero attached hydrogens (tertiary/aromatic N) is 4. The second kappa shape index (κ2) is 10.3. The Balaban J connectivity index is 1.30. The predicted molar refractivity (Wildman–Crippen MR) is 144 cm³/mol. The Hall–Kier alpha value is -3.83. The molecule has 192 valence electrons. The van der Waals surface area contributed by atoms with Crippen molar-refractivity contribution in [1.29, 1.82) is 0 Å². The summed E-state index contributed by atoms with van der Waals surface area (Å²) >= 11 is 1.31. The number of aryl methyl sites for hydroxylation is 1. The number of carbonyl (C=O) groups is 2. The van der Waals surface area contributed by atoms with E-state index in [1.165, 1.54) is 17.5 Å². The summed E-state index contributed by atoms with van der Waals surface area (Å²) in [5, 5.41) is 10.1. The van der Waals surface area contributed by atoms with Crippen molar-refractivity contribution < 1.29 is 9.59 Å². The predicted octanol–water partition coefficient (Wildman–Crippen LogP) is 3.91. The second-order valence-electron chi connectivity index (χ2n) is 9.51. The number of hydrogen-bond donors (Lipinski definition) is 3. The average molecular weight is 520 g/mol. The van der Waals surface area contributed by atoms with Crippen molar-refractivity contribution >= 4 is 39.4 Å². The summed E-state index contributed by atoms with van der Waals surface area (Å²) in [5.41, 5.74) is 2.35. The van der Waals surface area contributed by atoms with Gasteiger partial charge in [0.25, 0.3) is 11.5 Å². The highest BCUT2D eigenvalue weighted by atomic mass is 32.1. The van der Waals surface area contributed by atoms with Gasteiger partial charge in [-0.15, -0.1) is 11.3 Å². The van der Waals surface area contributed by atoms with Gasteiger partial charge in [-0.05, 0) is 58.4 Å². The Labute approximate surface area is 217 Å². The van der Waals surface area contributed by atoms with Gasteiger partial charge in [0.15, 0.2) is 0 Å². The minimum atomic E-state index is -0.350. The van der Waals surface area contributed by atoms with Crippen molar-refractivity contribution in [3.8, 4) is 10.4 Å². The number of thiazole rings is 1. The zero-order valence-electron chi connectivity index (χ0n) is 20.9. The highest BCUT2D eigenvalue weighted by molar-refractivity contribution is 7.21. The molecule has 0 saturated carbocycles. The number of likely N-dealkylation sites (tertiary alicyclic amines) is 1. The third-order valence-corrected chi connectivity index (χ3v) is 7.80. The fourth-order valence-electron chi connectivity index (χ4n) is 4.78. The van der Waals surface area contributed by atoms with E-state index < -0.39 is 0 Å². The lowest BCUT2D eigenvalue weighted by Crippen LogP contribution is -2.37. The van der Waals surface area contributed by atoms with Gasteiger partial charge < -0.3 is 15.6 Å². The molecule has 11 heteroatoms. The van der Waals surface area contributed by atoms with Crippen LogP contribution in [0.4, 0.5) is 11.4 Å². The Morgan fingerprint density at radius 3 is 2.89 bits per heavy atom. The van der Waals surface area contributed by atoms with E-state index in [9.17, 15) is 14.4 Å². The zero-order chi connectivity index (χ0) is 26.1. The first-order chi connectivity index (χ1) is 17.8. The van der Waals surface area contributed by atoms with Crippen LogP contribution in [-0.4, -0.2) is 54.9 Å². The number of nitrogens with one attached hydrogen (secondary N) is 3. The van der Waals surface area contributed by atoms with Gasteiger partial charge >= 0.3 is 0 Å². The maximum absolute atomic E-state index is 13.2. The lowest BCUT2D eigenvalue weighted by atomic mass is 10.1. The van der Waals surface area contributed by atoms with Crippen LogP contribution in [0, 0.1) is 6.92 Å². The molecule has 1 fully saturated rings. The number of aromatic amines is 1. The third-order valence-electron chi connectivity index (χ3n) is 6.65. The van der Waals surface area contributed by atoms with Crippen molar-refractivity contribution in [1.82, 2.24) is 24.5 Å². The van der Waals surface area contributed by atoms with Gasteiger partial charge in [-0.25, -0.2) is 4.52 Å². The molecule has 5 rings (SSSR count). The summed E-state index contributed by atoms with van der Waals surface area (Å²) < 4.78 is 1.59. The largest absolute Gasteiger partial charge is 0.329 e. The molecule has 0 unspecified atom stereocenters. The SMILES string of the molecule is Cc1ncc(NC(=O)C[C@@H]2CCCN2C(C)C)cc1NC(=O)c1cnn2cc(-c3ccc[nH]c3=O)sc12. The molecule has 0 aromatic carbocycles.